The second-order valence-electron chi connectivity index (χ2n) is 4.68. The summed E-state index contributed by atoms with van der Waals surface area (Å²) in [5.74, 6) is 0. The Morgan fingerprint density at radius 2 is 1.71 bits per heavy atom. The van der Waals surface area contributed by atoms with E-state index in [0.717, 1.165) is 5.02 Å². The quantitative estimate of drug-likeness (QED) is 0.724. The van der Waals surface area contributed by atoms with Crippen LogP contribution in [0.15, 0.2) is 24.3 Å². The molecule has 0 radical (unpaired) electrons. The molecule has 1 aromatic carbocycles. The number of rotatable bonds is 7. The lowest BCUT2D eigenvalue weighted by atomic mass is 10.0. The maximum Gasteiger partial charge on any atom is 0.0453 e. The Bertz CT molecular complexity index is 318. The first-order valence-corrected chi connectivity index (χ1v) is 7.07. The van der Waals surface area contributed by atoms with Crippen molar-refractivity contribution in [2.24, 2.45) is 0 Å². The van der Waals surface area contributed by atoms with Crippen molar-refractivity contribution in [2.75, 3.05) is 0 Å². The van der Waals surface area contributed by atoms with Crippen molar-refractivity contribution < 1.29 is 0 Å². The maximum atomic E-state index is 6.22. The van der Waals surface area contributed by atoms with E-state index in [-0.39, 0.29) is 0 Å². The monoisotopic (exact) mass is 253 g/mol. The molecule has 0 spiro atoms. The van der Waals surface area contributed by atoms with Gasteiger partial charge in [0.15, 0.2) is 0 Å². The van der Waals surface area contributed by atoms with Crippen LogP contribution in [0, 0.1) is 0 Å². The van der Waals surface area contributed by atoms with Crippen molar-refractivity contribution in [1.29, 1.82) is 0 Å². The van der Waals surface area contributed by atoms with Crippen LogP contribution in [0.4, 0.5) is 0 Å². The molecule has 2 heteroatoms. The zero-order valence-corrected chi connectivity index (χ0v) is 11.9. The summed E-state index contributed by atoms with van der Waals surface area (Å²) in [5, 5.41) is 4.55. The lowest BCUT2D eigenvalue weighted by Crippen LogP contribution is -2.31. The van der Waals surface area contributed by atoms with Crippen LogP contribution in [0.1, 0.15) is 58.1 Å². The van der Waals surface area contributed by atoms with Gasteiger partial charge in [-0.2, -0.15) is 0 Å². The summed E-state index contributed by atoms with van der Waals surface area (Å²) in [4.78, 5) is 0. The van der Waals surface area contributed by atoms with Crippen molar-refractivity contribution in [3.05, 3.63) is 34.9 Å². The van der Waals surface area contributed by atoms with Gasteiger partial charge in [-0.3, -0.25) is 0 Å². The van der Waals surface area contributed by atoms with Gasteiger partial charge < -0.3 is 5.32 Å². The van der Waals surface area contributed by atoms with E-state index in [0.29, 0.717) is 12.1 Å². The van der Waals surface area contributed by atoms with E-state index in [9.17, 15) is 0 Å². The maximum absolute atomic E-state index is 6.22. The van der Waals surface area contributed by atoms with Crippen LogP contribution in [-0.2, 0) is 0 Å². The minimum Gasteiger partial charge on any atom is -0.307 e. The predicted octanol–water partition coefficient (Wildman–Crippen LogP) is 4.96. The van der Waals surface area contributed by atoms with E-state index in [2.05, 4.69) is 32.2 Å². The number of halogens is 1. The second kappa shape index (κ2) is 7.73. The molecule has 0 aliphatic carbocycles. The average Bonchev–Trinajstić information content (AvgIpc) is 2.30. The molecule has 1 N–H and O–H groups in total. The Balaban J connectivity index is 2.63. The van der Waals surface area contributed by atoms with Gasteiger partial charge in [0.1, 0.15) is 0 Å². The Labute approximate surface area is 111 Å². The van der Waals surface area contributed by atoms with Gasteiger partial charge in [0, 0.05) is 17.1 Å². The highest BCUT2D eigenvalue weighted by atomic mass is 35.5. The van der Waals surface area contributed by atoms with Gasteiger partial charge in [-0.25, -0.2) is 0 Å². The van der Waals surface area contributed by atoms with E-state index in [1.165, 1.54) is 31.2 Å². The first kappa shape index (κ1) is 14.5. The molecule has 0 bridgehead atoms. The molecule has 1 nitrogen and oxygen atoms in total. The molecule has 0 aromatic heterocycles. The Kier molecular flexibility index (Phi) is 6.61. The summed E-state index contributed by atoms with van der Waals surface area (Å²) in [5.41, 5.74) is 1.20. The summed E-state index contributed by atoms with van der Waals surface area (Å²) in [7, 11) is 0. The van der Waals surface area contributed by atoms with E-state index >= 15 is 0 Å². The van der Waals surface area contributed by atoms with Crippen molar-refractivity contribution >= 4 is 11.6 Å². The zero-order chi connectivity index (χ0) is 12.7. The van der Waals surface area contributed by atoms with Gasteiger partial charge in [0.05, 0.1) is 0 Å². The first-order valence-electron chi connectivity index (χ1n) is 6.69. The Morgan fingerprint density at radius 3 is 2.24 bits per heavy atom. The lowest BCUT2D eigenvalue weighted by Gasteiger charge is -2.23. The van der Waals surface area contributed by atoms with Gasteiger partial charge in [-0.15, -0.1) is 0 Å². The van der Waals surface area contributed by atoms with Crippen LogP contribution >= 0.6 is 11.6 Å². The normalized spacial score (nSPS) is 13.0. The van der Waals surface area contributed by atoms with E-state index in [4.69, 9.17) is 11.6 Å². The van der Waals surface area contributed by atoms with E-state index in [1.54, 1.807) is 0 Å². The molecule has 17 heavy (non-hydrogen) atoms. The van der Waals surface area contributed by atoms with Gasteiger partial charge >= 0.3 is 0 Å². The number of nitrogens with one attached hydrogen (secondary N) is 1. The van der Waals surface area contributed by atoms with Crippen LogP contribution < -0.4 is 5.32 Å². The fourth-order valence-electron chi connectivity index (χ4n) is 2.28. The molecule has 0 heterocycles. The molecule has 0 aliphatic heterocycles. The Hall–Kier alpha value is -0.530. The highest BCUT2D eigenvalue weighted by molar-refractivity contribution is 6.31. The highest BCUT2D eigenvalue weighted by Crippen LogP contribution is 2.23. The standard InChI is InChI=1S/C15H24ClN/c1-4-8-13(9-5-2)17-12(3)14-10-6-7-11-15(14)16/h6-7,10-13,17H,4-5,8-9H2,1-3H3/t12-/m1/s1. The van der Waals surface area contributed by atoms with Gasteiger partial charge in [0.25, 0.3) is 0 Å². The van der Waals surface area contributed by atoms with Gasteiger partial charge in [-0.1, -0.05) is 56.5 Å². The summed E-state index contributed by atoms with van der Waals surface area (Å²) in [6.07, 6.45) is 4.94. The van der Waals surface area contributed by atoms with Crippen LogP contribution in [-0.4, -0.2) is 6.04 Å². The number of benzene rings is 1. The largest absolute Gasteiger partial charge is 0.307 e. The average molecular weight is 254 g/mol. The first-order chi connectivity index (χ1) is 8.19. The molecule has 0 saturated heterocycles. The van der Waals surface area contributed by atoms with Crippen molar-refractivity contribution in [1.82, 2.24) is 5.32 Å². The molecule has 0 unspecified atom stereocenters. The molecule has 0 saturated carbocycles. The molecule has 0 aliphatic rings. The molecular formula is C15H24ClN. The van der Waals surface area contributed by atoms with Gasteiger partial charge in [-0.05, 0) is 31.4 Å². The third kappa shape index (κ3) is 4.69. The molecule has 1 rings (SSSR count). The molecular weight excluding hydrogens is 230 g/mol. The predicted molar refractivity (Wildman–Crippen MR) is 76.6 cm³/mol. The summed E-state index contributed by atoms with van der Waals surface area (Å²) >= 11 is 6.22. The third-order valence-corrected chi connectivity index (χ3v) is 3.48. The van der Waals surface area contributed by atoms with Crippen LogP contribution in [0.5, 0.6) is 0 Å². The third-order valence-electron chi connectivity index (χ3n) is 3.13. The van der Waals surface area contributed by atoms with Crippen LogP contribution in [0.25, 0.3) is 0 Å². The summed E-state index contributed by atoms with van der Waals surface area (Å²) in [6, 6.07) is 9.03. The zero-order valence-electron chi connectivity index (χ0n) is 11.2. The molecule has 0 amide bonds. The van der Waals surface area contributed by atoms with Gasteiger partial charge in [0.2, 0.25) is 0 Å². The molecule has 1 atom stereocenters. The number of hydrogen-bond donors (Lipinski definition) is 1. The second-order valence-corrected chi connectivity index (χ2v) is 5.09. The smallest absolute Gasteiger partial charge is 0.0453 e. The summed E-state index contributed by atoms with van der Waals surface area (Å²) < 4.78 is 0. The fourth-order valence-corrected chi connectivity index (χ4v) is 2.58. The SMILES string of the molecule is CCCC(CCC)N[C@H](C)c1ccccc1Cl. The number of hydrogen-bond acceptors (Lipinski definition) is 1. The fraction of sp³-hybridized carbons (Fsp3) is 0.600. The summed E-state index contributed by atoms with van der Waals surface area (Å²) in [6.45, 7) is 6.68. The van der Waals surface area contributed by atoms with Crippen molar-refractivity contribution in [2.45, 2.75) is 58.5 Å². The van der Waals surface area contributed by atoms with Crippen molar-refractivity contribution in [3.63, 3.8) is 0 Å². The minimum absolute atomic E-state index is 0.326. The van der Waals surface area contributed by atoms with E-state index in [1.807, 2.05) is 18.2 Å². The van der Waals surface area contributed by atoms with E-state index < -0.39 is 0 Å². The molecule has 96 valence electrons. The Morgan fingerprint density at radius 1 is 1.12 bits per heavy atom. The molecule has 0 fully saturated rings. The topological polar surface area (TPSA) is 12.0 Å². The molecule has 1 aromatic rings. The van der Waals surface area contributed by atoms with Crippen molar-refractivity contribution in [3.8, 4) is 0 Å². The highest BCUT2D eigenvalue weighted by Gasteiger charge is 2.13. The van der Waals surface area contributed by atoms with Crippen LogP contribution in [0.3, 0.4) is 0 Å². The lowest BCUT2D eigenvalue weighted by molar-refractivity contribution is 0.402. The van der Waals surface area contributed by atoms with Crippen LogP contribution in [0.2, 0.25) is 5.02 Å². The minimum atomic E-state index is 0.326.